The molecule has 1 aromatic heterocycles. The number of amides is 1. The first-order chi connectivity index (χ1) is 7.59. The Kier molecular flexibility index (Phi) is 3.56. The van der Waals surface area contributed by atoms with Gasteiger partial charge in [0.25, 0.3) is 5.91 Å². The molecule has 1 heterocycles. The summed E-state index contributed by atoms with van der Waals surface area (Å²) in [5.74, 6) is 0.532. The Labute approximate surface area is 101 Å². The van der Waals surface area contributed by atoms with Gasteiger partial charge in [0.2, 0.25) is 5.82 Å². The maximum Gasteiger partial charge on any atom is 0.291 e. The lowest BCUT2D eigenvalue weighted by Gasteiger charge is -2.18. The number of hydrogen-bond acceptors (Lipinski definition) is 4. The van der Waals surface area contributed by atoms with E-state index < -0.39 is 5.54 Å². The molecule has 0 bridgehead atoms. The van der Waals surface area contributed by atoms with Gasteiger partial charge in [-0.3, -0.25) is 9.89 Å². The first kappa shape index (κ1) is 13.6. The van der Waals surface area contributed by atoms with Crippen LogP contribution in [0.1, 0.15) is 51.1 Å². The van der Waals surface area contributed by atoms with E-state index in [9.17, 15) is 4.79 Å². The van der Waals surface area contributed by atoms with Crippen molar-refractivity contribution in [3.8, 4) is 0 Å². The molecule has 1 aromatic rings. The van der Waals surface area contributed by atoms with Crippen LogP contribution in [0.5, 0.6) is 0 Å². The number of nitrogens with zero attached hydrogens (tertiary/aromatic N) is 2. The van der Waals surface area contributed by atoms with Crippen molar-refractivity contribution in [1.82, 2.24) is 20.5 Å². The Balaban J connectivity index is 2.68. The number of aromatic nitrogens is 3. The topological polar surface area (TPSA) is 96.7 Å². The second-order valence-corrected chi connectivity index (χ2v) is 5.93. The summed E-state index contributed by atoms with van der Waals surface area (Å²) in [5.41, 5.74) is 5.17. The molecule has 0 saturated carbocycles. The molecule has 4 N–H and O–H groups in total. The zero-order valence-electron chi connectivity index (χ0n) is 11.1. The van der Waals surface area contributed by atoms with Gasteiger partial charge in [-0.1, -0.05) is 20.8 Å². The van der Waals surface area contributed by atoms with Crippen molar-refractivity contribution in [1.29, 1.82) is 0 Å². The van der Waals surface area contributed by atoms with E-state index in [0.29, 0.717) is 12.4 Å². The Bertz CT molecular complexity index is 397. The fraction of sp³-hybridized carbons (Fsp3) is 0.727. The molecule has 1 amide bonds. The summed E-state index contributed by atoms with van der Waals surface area (Å²) in [5, 5.41) is 9.36. The number of carbonyl (C=O) groups is 1. The zero-order valence-corrected chi connectivity index (χ0v) is 11.1. The van der Waals surface area contributed by atoms with E-state index in [1.165, 1.54) is 0 Å². The molecule has 0 aromatic carbocycles. The van der Waals surface area contributed by atoms with E-state index in [0.717, 1.165) is 0 Å². The standard InChI is InChI=1S/C11H21N5O/c1-10(2,3)9-14-7(15-16-9)8(17)13-6-11(4,5)12/h6,12H2,1-5H3,(H,13,17)(H,14,15,16). The highest BCUT2D eigenvalue weighted by Crippen LogP contribution is 2.17. The van der Waals surface area contributed by atoms with E-state index >= 15 is 0 Å². The van der Waals surface area contributed by atoms with Crippen molar-refractivity contribution in [3.05, 3.63) is 11.6 Å². The number of hydrogen-bond donors (Lipinski definition) is 3. The van der Waals surface area contributed by atoms with Gasteiger partial charge in [-0.25, -0.2) is 4.98 Å². The molecule has 0 aliphatic rings. The van der Waals surface area contributed by atoms with Gasteiger partial charge in [-0.15, -0.1) is 5.10 Å². The molecule has 0 saturated heterocycles. The number of nitrogens with one attached hydrogen (secondary N) is 2. The Morgan fingerprint density at radius 2 is 1.94 bits per heavy atom. The minimum atomic E-state index is -0.446. The second kappa shape index (κ2) is 4.44. The molecule has 1 rings (SSSR count). The van der Waals surface area contributed by atoms with Gasteiger partial charge in [0.15, 0.2) is 0 Å². The maximum atomic E-state index is 11.7. The first-order valence-corrected chi connectivity index (χ1v) is 5.59. The highest BCUT2D eigenvalue weighted by atomic mass is 16.2. The monoisotopic (exact) mass is 239 g/mol. The van der Waals surface area contributed by atoms with Gasteiger partial charge in [-0.2, -0.15) is 0 Å². The number of rotatable bonds is 3. The fourth-order valence-electron chi connectivity index (χ4n) is 1.09. The molecule has 0 unspecified atom stereocenters. The normalized spacial score (nSPS) is 12.6. The molecule has 0 fully saturated rings. The smallest absolute Gasteiger partial charge is 0.291 e. The van der Waals surface area contributed by atoms with E-state index in [2.05, 4.69) is 20.5 Å². The molecule has 17 heavy (non-hydrogen) atoms. The van der Waals surface area contributed by atoms with E-state index in [1.807, 2.05) is 34.6 Å². The van der Waals surface area contributed by atoms with Crippen molar-refractivity contribution in [2.75, 3.05) is 6.54 Å². The van der Waals surface area contributed by atoms with Crippen molar-refractivity contribution < 1.29 is 4.79 Å². The average Bonchev–Trinajstić information content (AvgIpc) is 2.60. The number of aromatic amines is 1. The van der Waals surface area contributed by atoms with Gasteiger partial charge >= 0.3 is 0 Å². The van der Waals surface area contributed by atoms with Gasteiger partial charge in [0.05, 0.1) is 0 Å². The van der Waals surface area contributed by atoms with Crippen LogP contribution < -0.4 is 11.1 Å². The summed E-state index contributed by atoms with van der Waals surface area (Å²) in [6, 6.07) is 0. The SMILES string of the molecule is CC(C)(N)CNC(=O)c1n[nH]c(C(C)(C)C)n1. The van der Waals surface area contributed by atoms with Crippen LogP contribution in [0.15, 0.2) is 0 Å². The molecule has 6 heteroatoms. The number of H-pyrrole nitrogens is 1. The maximum absolute atomic E-state index is 11.7. The molecule has 0 spiro atoms. The Hall–Kier alpha value is -1.43. The van der Waals surface area contributed by atoms with Crippen LogP contribution in [-0.2, 0) is 5.41 Å². The lowest BCUT2D eigenvalue weighted by Crippen LogP contribution is -2.45. The zero-order chi connectivity index (χ0) is 13.3. The van der Waals surface area contributed by atoms with Crippen molar-refractivity contribution in [3.63, 3.8) is 0 Å². The summed E-state index contributed by atoms with van der Waals surface area (Å²) < 4.78 is 0. The predicted octanol–water partition coefficient (Wildman–Crippen LogP) is 0.569. The van der Waals surface area contributed by atoms with Gasteiger partial charge < -0.3 is 11.1 Å². The average molecular weight is 239 g/mol. The minimum absolute atomic E-state index is 0.152. The summed E-state index contributed by atoms with van der Waals surface area (Å²) in [6.45, 7) is 10.1. The van der Waals surface area contributed by atoms with Crippen LogP contribution in [0.2, 0.25) is 0 Å². The van der Waals surface area contributed by atoms with Crippen LogP contribution in [0.3, 0.4) is 0 Å². The van der Waals surface area contributed by atoms with Crippen LogP contribution in [0.4, 0.5) is 0 Å². The fourth-order valence-corrected chi connectivity index (χ4v) is 1.09. The van der Waals surface area contributed by atoms with Gasteiger partial charge in [0, 0.05) is 17.5 Å². The summed E-state index contributed by atoms with van der Waals surface area (Å²) in [4.78, 5) is 15.9. The number of nitrogens with two attached hydrogens (primary N) is 1. The Morgan fingerprint density at radius 1 is 1.35 bits per heavy atom. The minimum Gasteiger partial charge on any atom is -0.347 e. The Morgan fingerprint density at radius 3 is 2.35 bits per heavy atom. The molecule has 0 atom stereocenters. The third-order valence-corrected chi connectivity index (χ3v) is 2.10. The lowest BCUT2D eigenvalue weighted by molar-refractivity contribution is 0.0936. The molecule has 0 aliphatic heterocycles. The molecule has 0 radical (unpaired) electrons. The van der Waals surface area contributed by atoms with E-state index in [1.54, 1.807) is 0 Å². The third kappa shape index (κ3) is 4.14. The lowest BCUT2D eigenvalue weighted by atomic mass is 9.96. The van der Waals surface area contributed by atoms with Crippen LogP contribution >= 0.6 is 0 Å². The van der Waals surface area contributed by atoms with Crippen molar-refractivity contribution >= 4 is 5.91 Å². The first-order valence-electron chi connectivity index (χ1n) is 5.59. The largest absolute Gasteiger partial charge is 0.347 e. The van der Waals surface area contributed by atoms with Crippen LogP contribution in [0, 0.1) is 0 Å². The predicted molar refractivity (Wildman–Crippen MR) is 65.7 cm³/mol. The molecule has 6 nitrogen and oxygen atoms in total. The molecule has 96 valence electrons. The highest BCUT2D eigenvalue weighted by Gasteiger charge is 2.22. The van der Waals surface area contributed by atoms with Gasteiger partial charge in [0.1, 0.15) is 5.82 Å². The van der Waals surface area contributed by atoms with E-state index in [-0.39, 0.29) is 17.1 Å². The second-order valence-electron chi connectivity index (χ2n) is 5.93. The highest BCUT2D eigenvalue weighted by molar-refractivity contribution is 5.90. The van der Waals surface area contributed by atoms with Crippen molar-refractivity contribution in [2.45, 2.75) is 45.6 Å². The molecular formula is C11H21N5O. The third-order valence-electron chi connectivity index (χ3n) is 2.10. The van der Waals surface area contributed by atoms with Crippen molar-refractivity contribution in [2.24, 2.45) is 5.73 Å². The van der Waals surface area contributed by atoms with Crippen LogP contribution in [0.25, 0.3) is 0 Å². The number of carbonyl (C=O) groups excluding carboxylic acids is 1. The van der Waals surface area contributed by atoms with E-state index in [4.69, 9.17) is 5.73 Å². The summed E-state index contributed by atoms with van der Waals surface area (Å²) in [7, 11) is 0. The quantitative estimate of drug-likeness (QED) is 0.718. The van der Waals surface area contributed by atoms with Gasteiger partial charge in [-0.05, 0) is 13.8 Å². The summed E-state index contributed by atoms with van der Waals surface area (Å²) in [6.07, 6.45) is 0. The molecular weight excluding hydrogens is 218 g/mol. The molecule has 0 aliphatic carbocycles. The van der Waals surface area contributed by atoms with Crippen LogP contribution in [-0.4, -0.2) is 33.2 Å². The summed E-state index contributed by atoms with van der Waals surface area (Å²) >= 11 is 0.